The van der Waals surface area contributed by atoms with Crippen LogP contribution in [0.15, 0.2) is 66.7 Å². The third-order valence-electron chi connectivity index (χ3n) is 3.66. The van der Waals surface area contributed by atoms with Gasteiger partial charge in [0.1, 0.15) is 5.82 Å². The minimum absolute atomic E-state index is 0.550. The van der Waals surface area contributed by atoms with Gasteiger partial charge in [0.25, 0.3) is 0 Å². The Labute approximate surface area is 138 Å². The van der Waals surface area contributed by atoms with E-state index in [9.17, 15) is 0 Å². The number of fused-ring (bicyclic) bond motifs is 1. The van der Waals surface area contributed by atoms with E-state index in [1.54, 1.807) is 4.52 Å². The van der Waals surface area contributed by atoms with Crippen LogP contribution in [0.3, 0.4) is 0 Å². The first-order chi connectivity index (χ1) is 11.2. The van der Waals surface area contributed by atoms with Crippen LogP contribution in [0.5, 0.6) is 0 Å². The van der Waals surface area contributed by atoms with Gasteiger partial charge in [0.15, 0.2) is 5.65 Å². The number of anilines is 1. The second kappa shape index (κ2) is 5.41. The first-order valence-corrected chi connectivity index (χ1v) is 7.56. The van der Waals surface area contributed by atoms with Crippen molar-refractivity contribution in [2.75, 3.05) is 5.73 Å². The summed E-state index contributed by atoms with van der Waals surface area (Å²) >= 11 is 5.93. The molecule has 0 aliphatic rings. The van der Waals surface area contributed by atoms with Gasteiger partial charge in [0.05, 0.1) is 11.4 Å². The topological polar surface area (TPSA) is 56.2 Å². The largest absolute Gasteiger partial charge is 0.384 e. The van der Waals surface area contributed by atoms with E-state index in [1.807, 2.05) is 66.7 Å². The highest BCUT2D eigenvalue weighted by Gasteiger charge is 2.10. The summed E-state index contributed by atoms with van der Waals surface area (Å²) in [5.41, 5.74) is 10.5. The molecule has 0 saturated heterocycles. The molecule has 4 nitrogen and oxygen atoms in total. The number of nitrogens with zero attached hydrogens (tertiary/aromatic N) is 3. The molecule has 0 aliphatic heterocycles. The number of halogens is 1. The number of nitrogen functional groups attached to an aromatic ring is 1. The second-order valence-electron chi connectivity index (χ2n) is 5.24. The molecule has 0 fully saturated rings. The van der Waals surface area contributed by atoms with Gasteiger partial charge < -0.3 is 5.73 Å². The zero-order chi connectivity index (χ0) is 15.8. The van der Waals surface area contributed by atoms with Gasteiger partial charge in [-0.15, -0.1) is 0 Å². The summed E-state index contributed by atoms with van der Waals surface area (Å²) in [6.07, 6.45) is 0. The number of hydrogen-bond donors (Lipinski definition) is 1. The van der Waals surface area contributed by atoms with Gasteiger partial charge in [-0.25, -0.2) is 4.98 Å². The minimum Gasteiger partial charge on any atom is -0.384 e. The molecule has 4 aromatic rings. The molecule has 0 aliphatic carbocycles. The molecule has 0 atom stereocenters. The predicted molar refractivity (Wildman–Crippen MR) is 93.3 cm³/mol. The van der Waals surface area contributed by atoms with Crippen molar-refractivity contribution in [3.05, 3.63) is 71.8 Å². The first kappa shape index (κ1) is 13.8. The molecule has 5 heteroatoms. The predicted octanol–water partition coefficient (Wildman–Crippen LogP) is 4.30. The molecule has 4 rings (SSSR count). The van der Waals surface area contributed by atoms with Gasteiger partial charge in [0, 0.05) is 28.3 Å². The summed E-state index contributed by atoms with van der Waals surface area (Å²) in [5.74, 6) is 0.550. The van der Waals surface area contributed by atoms with Gasteiger partial charge >= 0.3 is 0 Å². The van der Waals surface area contributed by atoms with Crippen LogP contribution in [0.25, 0.3) is 28.2 Å². The third kappa shape index (κ3) is 2.53. The molecule has 0 unspecified atom stereocenters. The SMILES string of the molecule is Nc1cc(-c2ccccc2)nc2cc(-c3ccc(Cl)cc3)nn12. The Bertz CT molecular complexity index is 975. The maximum Gasteiger partial charge on any atom is 0.158 e. The Morgan fingerprint density at radius 2 is 1.52 bits per heavy atom. The maximum atomic E-state index is 6.15. The molecule has 23 heavy (non-hydrogen) atoms. The maximum absolute atomic E-state index is 6.15. The van der Waals surface area contributed by atoms with Crippen molar-refractivity contribution >= 4 is 23.1 Å². The molecule has 2 aromatic carbocycles. The average Bonchev–Trinajstić information content (AvgIpc) is 3.01. The van der Waals surface area contributed by atoms with Crippen molar-refractivity contribution in [3.63, 3.8) is 0 Å². The van der Waals surface area contributed by atoms with Crippen LogP contribution in [0.1, 0.15) is 0 Å². The molecule has 0 radical (unpaired) electrons. The van der Waals surface area contributed by atoms with E-state index in [2.05, 4.69) is 10.1 Å². The fraction of sp³-hybridized carbons (Fsp3) is 0. The van der Waals surface area contributed by atoms with Crippen molar-refractivity contribution < 1.29 is 0 Å². The fourth-order valence-electron chi connectivity index (χ4n) is 2.52. The van der Waals surface area contributed by atoms with Gasteiger partial charge in [-0.05, 0) is 12.1 Å². The van der Waals surface area contributed by atoms with Crippen molar-refractivity contribution in [2.24, 2.45) is 0 Å². The lowest BCUT2D eigenvalue weighted by molar-refractivity contribution is 0.957. The Kier molecular flexibility index (Phi) is 3.24. The quantitative estimate of drug-likeness (QED) is 0.599. The van der Waals surface area contributed by atoms with Gasteiger partial charge in [-0.1, -0.05) is 54.1 Å². The standard InChI is InChI=1S/C18H13ClN4/c19-14-8-6-13(7-9-14)16-11-18-21-15(10-17(20)23(18)22-16)12-4-2-1-3-5-12/h1-11H,20H2. The lowest BCUT2D eigenvalue weighted by atomic mass is 10.1. The van der Waals surface area contributed by atoms with Crippen LogP contribution < -0.4 is 5.73 Å². The molecular formula is C18H13ClN4. The molecule has 0 amide bonds. The summed E-state index contributed by atoms with van der Waals surface area (Å²) in [4.78, 5) is 4.66. The fourth-order valence-corrected chi connectivity index (χ4v) is 2.64. The Hall–Kier alpha value is -2.85. The average molecular weight is 321 g/mol. The Morgan fingerprint density at radius 3 is 2.26 bits per heavy atom. The van der Waals surface area contributed by atoms with E-state index in [0.29, 0.717) is 16.5 Å². The Morgan fingerprint density at radius 1 is 0.826 bits per heavy atom. The van der Waals surface area contributed by atoms with Gasteiger partial charge in [-0.2, -0.15) is 9.61 Å². The van der Waals surface area contributed by atoms with Crippen LogP contribution in [0, 0.1) is 0 Å². The normalized spacial score (nSPS) is 11.0. The summed E-state index contributed by atoms with van der Waals surface area (Å²) in [6.45, 7) is 0. The number of hydrogen-bond acceptors (Lipinski definition) is 3. The number of rotatable bonds is 2. The summed E-state index contributed by atoms with van der Waals surface area (Å²) in [6, 6.07) is 21.2. The molecule has 0 bridgehead atoms. The lowest BCUT2D eigenvalue weighted by Gasteiger charge is -2.04. The monoisotopic (exact) mass is 320 g/mol. The number of nitrogens with two attached hydrogens (primary N) is 1. The minimum atomic E-state index is 0.550. The van der Waals surface area contributed by atoms with E-state index in [1.165, 1.54) is 0 Å². The van der Waals surface area contributed by atoms with E-state index in [0.717, 1.165) is 22.5 Å². The lowest BCUT2D eigenvalue weighted by Crippen LogP contribution is -2.01. The van der Waals surface area contributed by atoms with E-state index < -0.39 is 0 Å². The van der Waals surface area contributed by atoms with Crippen LogP contribution >= 0.6 is 11.6 Å². The van der Waals surface area contributed by atoms with Crippen LogP contribution in [0.4, 0.5) is 5.82 Å². The van der Waals surface area contributed by atoms with Crippen LogP contribution in [-0.2, 0) is 0 Å². The van der Waals surface area contributed by atoms with Crippen molar-refractivity contribution in [2.45, 2.75) is 0 Å². The van der Waals surface area contributed by atoms with Crippen molar-refractivity contribution in [3.8, 4) is 22.5 Å². The van der Waals surface area contributed by atoms with E-state index in [-0.39, 0.29) is 0 Å². The summed E-state index contributed by atoms with van der Waals surface area (Å²) in [5, 5.41) is 5.23. The highest BCUT2D eigenvalue weighted by atomic mass is 35.5. The molecule has 0 saturated carbocycles. The smallest absolute Gasteiger partial charge is 0.158 e. The highest BCUT2D eigenvalue weighted by Crippen LogP contribution is 2.25. The molecule has 0 spiro atoms. The molecule has 2 N–H and O–H groups in total. The van der Waals surface area contributed by atoms with Crippen LogP contribution in [0.2, 0.25) is 5.02 Å². The van der Waals surface area contributed by atoms with Crippen LogP contribution in [-0.4, -0.2) is 14.6 Å². The van der Waals surface area contributed by atoms with E-state index >= 15 is 0 Å². The second-order valence-corrected chi connectivity index (χ2v) is 5.68. The molecule has 112 valence electrons. The molecule has 2 heterocycles. The third-order valence-corrected chi connectivity index (χ3v) is 3.92. The van der Waals surface area contributed by atoms with Crippen molar-refractivity contribution in [1.82, 2.24) is 14.6 Å². The molecular weight excluding hydrogens is 308 g/mol. The van der Waals surface area contributed by atoms with Gasteiger partial charge in [-0.3, -0.25) is 0 Å². The van der Waals surface area contributed by atoms with Gasteiger partial charge in [0.2, 0.25) is 0 Å². The van der Waals surface area contributed by atoms with Crippen molar-refractivity contribution in [1.29, 1.82) is 0 Å². The summed E-state index contributed by atoms with van der Waals surface area (Å²) in [7, 11) is 0. The number of benzene rings is 2. The first-order valence-electron chi connectivity index (χ1n) is 7.18. The van der Waals surface area contributed by atoms with E-state index in [4.69, 9.17) is 17.3 Å². The zero-order valence-corrected chi connectivity index (χ0v) is 12.9. The molecule has 2 aromatic heterocycles. The number of aromatic nitrogens is 3. The zero-order valence-electron chi connectivity index (χ0n) is 12.1. The highest BCUT2D eigenvalue weighted by molar-refractivity contribution is 6.30. The Balaban J connectivity index is 1.85. The summed E-state index contributed by atoms with van der Waals surface area (Å²) < 4.78 is 1.65.